The Hall–Kier alpha value is -4.17. The average Bonchev–Trinajstić information content (AvgIpc) is 3.23. The van der Waals surface area contributed by atoms with Crippen LogP contribution >= 0.6 is 0 Å². The van der Waals surface area contributed by atoms with Crippen molar-refractivity contribution in [1.29, 1.82) is 0 Å². The molecule has 1 fully saturated rings. The van der Waals surface area contributed by atoms with Gasteiger partial charge in [0.05, 0.1) is 10.5 Å². The first kappa shape index (κ1) is 24.5. The topological polar surface area (TPSA) is 91.1 Å². The first-order valence-corrected chi connectivity index (χ1v) is 12.4. The van der Waals surface area contributed by atoms with Crippen LogP contribution in [0, 0.1) is 10.1 Å². The van der Waals surface area contributed by atoms with Crippen molar-refractivity contribution < 1.29 is 23.9 Å². The quantitative estimate of drug-likeness (QED) is 0.213. The van der Waals surface area contributed by atoms with Crippen molar-refractivity contribution in [3.8, 4) is 17.2 Å². The van der Waals surface area contributed by atoms with Gasteiger partial charge in [0.15, 0.2) is 5.76 Å². The van der Waals surface area contributed by atoms with Crippen molar-refractivity contribution in [3.05, 3.63) is 99.3 Å². The number of benzene rings is 3. The Balaban J connectivity index is 1.17. The summed E-state index contributed by atoms with van der Waals surface area (Å²) in [6, 6.07) is 18.9. The molecule has 0 atom stereocenters. The summed E-state index contributed by atoms with van der Waals surface area (Å²) in [6.07, 6.45) is 5.51. The summed E-state index contributed by atoms with van der Waals surface area (Å²) in [5.74, 6) is 1.90. The normalized spacial score (nSPS) is 16.3. The Labute approximate surface area is 215 Å². The molecule has 190 valence electrons. The van der Waals surface area contributed by atoms with Gasteiger partial charge in [-0.15, -0.1) is 0 Å². The number of nitro groups is 1. The number of likely N-dealkylation sites (tertiary alicyclic amines) is 1. The van der Waals surface area contributed by atoms with Gasteiger partial charge in [-0.25, -0.2) is 0 Å². The lowest BCUT2D eigenvalue weighted by Crippen LogP contribution is -2.33. The fourth-order valence-corrected chi connectivity index (χ4v) is 4.47. The molecule has 1 saturated heterocycles. The SMILES string of the molecule is O=C1/C(=C/c2ccc(OCc3cccc([N+](=O)[O-])c3)cc2)Oc2cc(OCCN3CCCCC3)ccc21. The van der Waals surface area contributed by atoms with Gasteiger partial charge >= 0.3 is 0 Å². The van der Waals surface area contributed by atoms with Crippen molar-refractivity contribution in [1.82, 2.24) is 4.90 Å². The Bertz CT molecular complexity index is 1310. The number of Topliss-reactive ketones (excluding diaryl/α,β-unsaturated/α-hetero) is 1. The van der Waals surface area contributed by atoms with Crippen LogP contribution in [0.3, 0.4) is 0 Å². The molecule has 2 aliphatic heterocycles. The molecule has 0 unspecified atom stereocenters. The summed E-state index contributed by atoms with van der Waals surface area (Å²) in [6.45, 7) is 3.97. The molecule has 0 aromatic heterocycles. The van der Waals surface area contributed by atoms with Gasteiger partial charge in [-0.2, -0.15) is 0 Å². The number of carbonyl (C=O) groups excluding carboxylic acids is 1. The molecule has 0 amide bonds. The highest BCUT2D eigenvalue weighted by molar-refractivity contribution is 6.14. The summed E-state index contributed by atoms with van der Waals surface area (Å²) in [5, 5.41) is 10.9. The smallest absolute Gasteiger partial charge is 0.269 e. The summed E-state index contributed by atoms with van der Waals surface area (Å²) in [5.41, 5.74) is 2.04. The first-order valence-electron chi connectivity index (χ1n) is 12.4. The predicted molar refractivity (Wildman–Crippen MR) is 139 cm³/mol. The van der Waals surface area contributed by atoms with Gasteiger partial charge in [0.1, 0.15) is 30.5 Å². The summed E-state index contributed by atoms with van der Waals surface area (Å²) < 4.78 is 17.5. The average molecular weight is 501 g/mol. The monoisotopic (exact) mass is 500 g/mol. The number of nitro benzene ring substituents is 1. The van der Waals surface area contributed by atoms with E-state index in [1.165, 1.54) is 31.4 Å². The molecule has 2 aliphatic rings. The molecule has 0 N–H and O–H groups in total. The fraction of sp³-hybridized carbons (Fsp3) is 0.276. The molecule has 37 heavy (non-hydrogen) atoms. The zero-order valence-electron chi connectivity index (χ0n) is 20.4. The number of ether oxygens (including phenoxy) is 3. The van der Waals surface area contributed by atoms with E-state index in [1.807, 2.05) is 18.2 Å². The highest BCUT2D eigenvalue weighted by Crippen LogP contribution is 2.35. The van der Waals surface area contributed by atoms with Crippen LogP contribution in [0.4, 0.5) is 5.69 Å². The minimum atomic E-state index is -0.430. The van der Waals surface area contributed by atoms with Crippen LogP contribution in [0.5, 0.6) is 17.2 Å². The van der Waals surface area contributed by atoms with E-state index in [-0.39, 0.29) is 23.8 Å². The Morgan fingerprint density at radius 1 is 0.946 bits per heavy atom. The van der Waals surface area contributed by atoms with Crippen molar-refractivity contribution >= 4 is 17.5 Å². The third-order valence-electron chi connectivity index (χ3n) is 6.47. The van der Waals surface area contributed by atoms with E-state index in [2.05, 4.69) is 4.90 Å². The highest BCUT2D eigenvalue weighted by atomic mass is 16.6. The minimum Gasteiger partial charge on any atom is -0.492 e. The maximum Gasteiger partial charge on any atom is 0.269 e. The molecule has 0 spiro atoms. The fourth-order valence-electron chi connectivity index (χ4n) is 4.47. The molecular formula is C29H28N2O6. The van der Waals surface area contributed by atoms with E-state index in [0.717, 1.165) is 25.2 Å². The van der Waals surface area contributed by atoms with Crippen molar-refractivity contribution in [2.24, 2.45) is 0 Å². The maximum absolute atomic E-state index is 12.8. The number of hydrogen-bond acceptors (Lipinski definition) is 7. The molecule has 0 saturated carbocycles. The van der Waals surface area contributed by atoms with Crippen LogP contribution in [0.25, 0.3) is 6.08 Å². The van der Waals surface area contributed by atoms with Crippen LogP contribution in [0.2, 0.25) is 0 Å². The lowest BCUT2D eigenvalue weighted by Gasteiger charge is -2.26. The molecule has 0 bridgehead atoms. The van der Waals surface area contributed by atoms with E-state index in [1.54, 1.807) is 42.5 Å². The molecule has 8 nitrogen and oxygen atoms in total. The molecule has 5 rings (SSSR count). The second-order valence-electron chi connectivity index (χ2n) is 9.13. The van der Waals surface area contributed by atoms with Crippen molar-refractivity contribution in [3.63, 3.8) is 0 Å². The maximum atomic E-state index is 12.8. The summed E-state index contributed by atoms with van der Waals surface area (Å²) in [7, 11) is 0. The summed E-state index contributed by atoms with van der Waals surface area (Å²) >= 11 is 0. The van der Waals surface area contributed by atoms with Gasteiger partial charge in [0, 0.05) is 24.7 Å². The third-order valence-corrected chi connectivity index (χ3v) is 6.47. The standard InChI is InChI=1S/C29H28N2O6/c32-29-26-12-11-25(35-16-15-30-13-2-1-3-14-30)19-27(26)37-28(29)18-21-7-9-24(10-8-21)36-20-22-5-4-6-23(17-22)31(33)34/h4-12,17-19H,1-3,13-16,20H2/b28-18-. The van der Waals surface area contributed by atoms with E-state index < -0.39 is 4.92 Å². The molecule has 8 heteroatoms. The third kappa shape index (κ3) is 6.16. The molecule has 0 radical (unpaired) electrons. The van der Waals surface area contributed by atoms with E-state index in [4.69, 9.17) is 14.2 Å². The Kier molecular flexibility index (Phi) is 7.46. The minimum absolute atomic E-state index is 0.0291. The van der Waals surface area contributed by atoms with Crippen LogP contribution < -0.4 is 14.2 Å². The number of rotatable bonds is 9. The van der Waals surface area contributed by atoms with Gasteiger partial charge in [-0.3, -0.25) is 19.8 Å². The van der Waals surface area contributed by atoms with Gasteiger partial charge < -0.3 is 14.2 Å². The zero-order chi connectivity index (χ0) is 25.6. The number of non-ortho nitro benzene ring substituents is 1. The largest absolute Gasteiger partial charge is 0.492 e. The second kappa shape index (κ2) is 11.3. The van der Waals surface area contributed by atoms with Gasteiger partial charge in [0.2, 0.25) is 5.78 Å². The van der Waals surface area contributed by atoms with E-state index in [0.29, 0.717) is 35.0 Å². The van der Waals surface area contributed by atoms with E-state index in [9.17, 15) is 14.9 Å². The highest BCUT2D eigenvalue weighted by Gasteiger charge is 2.27. The van der Waals surface area contributed by atoms with Crippen molar-refractivity contribution in [2.75, 3.05) is 26.2 Å². The lowest BCUT2D eigenvalue weighted by atomic mass is 10.1. The van der Waals surface area contributed by atoms with Crippen LogP contribution in [0.1, 0.15) is 40.7 Å². The lowest BCUT2D eigenvalue weighted by molar-refractivity contribution is -0.384. The number of ketones is 1. The van der Waals surface area contributed by atoms with Crippen LogP contribution in [-0.4, -0.2) is 41.8 Å². The number of fused-ring (bicyclic) bond motifs is 1. The number of carbonyl (C=O) groups is 1. The van der Waals surface area contributed by atoms with Gasteiger partial charge in [0.25, 0.3) is 5.69 Å². The van der Waals surface area contributed by atoms with Gasteiger partial charge in [-0.05, 0) is 67.4 Å². The number of nitrogens with zero attached hydrogens (tertiary/aromatic N) is 2. The second-order valence-corrected chi connectivity index (χ2v) is 9.13. The first-order chi connectivity index (χ1) is 18.0. The number of piperidine rings is 1. The zero-order valence-corrected chi connectivity index (χ0v) is 20.4. The Morgan fingerprint density at radius 3 is 2.51 bits per heavy atom. The predicted octanol–water partition coefficient (Wildman–Crippen LogP) is 5.65. The van der Waals surface area contributed by atoms with Crippen LogP contribution in [0.15, 0.2) is 72.5 Å². The molecular weight excluding hydrogens is 472 g/mol. The van der Waals surface area contributed by atoms with E-state index >= 15 is 0 Å². The summed E-state index contributed by atoms with van der Waals surface area (Å²) in [4.78, 5) is 25.7. The molecule has 3 aromatic rings. The molecule has 0 aliphatic carbocycles. The number of allylic oxidation sites excluding steroid dienone is 1. The number of hydrogen-bond donors (Lipinski definition) is 0. The molecule has 2 heterocycles. The molecule has 3 aromatic carbocycles. The van der Waals surface area contributed by atoms with Crippen molar-refractivity contribution in [2.45, 2.75) is 25.9 Å². The van der Waals surface area contributed by atoms with Gasteiger partial charge in [-0.1, -0.05) is 30.7 Å². The Morgan fingerprint density at radius 2 is 1.73 bits per heavy atom. The van der Waals surface area contributed by atoms with Crippen LogP contribution in [-0.2, 0) is 6.61 Å².